The quantitative estimate of drug-likeness (QED) is 0.767. The Morgan fingerprint density at radius 3 is 2.70 bits per heavy atom. The first-order chi connectivity index (χ1) is 9.45. The number of likely N-dealkylation sites (tertiary alicyclic amines) is 1. The molecule has 1 aliphatic rings. The first kappa shape index (κ1) is 17.0. The molecule has 2 atom stereocenters. The molecule has 1 rings (SSSR count). The van der Waals surface area contributed by atoms with E-state index < -0.39 is 6.04 Å². The van der Waals surface area contributed by atoms with E-state index in [0.717, 1.165) is 25.8 Å². The van der Waals surface area contributed by atoms with E-state index in [9.17, 15) is 9.59 Å². The zero-order chi connectivity index (χ0) is 15.1. The van der Waals surface area contributed by atoms with Gasteiger partial charge in [0.05, 0.1) is 12.0 Å². The second-order valence-electron chi connectivity index (χ2n) is 6.15. The molecule has 5 heteroatoms. The molecular weight excluding hydrogens is 254 g/mol. The summed E-state index contributed by atoms with van der Waals surface area (Å²) >= 11 is 0. The molecule has 0 bridgehead atoms. The molecule has 0 aromatic carbocycles. The molecule has 0 aliphatic carbocycles. The molecule has 0 radical (unpaired) electrons. The van der Waals surface area contributed by atoms with E-state index in [2.05, 4.69) is 19.2 Å². The van der Waals surface area contributed by atoms with Gasteiger partial charge in [-0.05, 0) is 31.6 Å². The van der Waals surface area contributed by atoms with Crippen molar-refractivity contribution in [2.75, 3.05) is 19.6 Å². The average molecular weight is 283 g/mol. The molecule has 116 valence electrons. The molecule has 0 saturated carbocycles. The van der Waals surface area contributed by atoms with Gasteiger partial charge in [-0.3, -0.25) is 9.59 Å². The normalized spacial score (nSPS) is 20.9. The van der Waals surface area contributed by atoms with E-state index in [4.69, 9.17) is 5.73 Å². The van der Waals surface area contributed by atoms with Crippen LogP contribution in [0.3, 0.4) is 0 Å². The van der Waals surface area contributed by atoms with Crippen molar-refractivity contribution in [2.24, 2.45) is 17.6 Å². The van der Waals surface area contributed by atoms with E-state index in [1.165, 1.54) is 0 Å². The minimum absolute atomic E-state index is 0.00769. The number of nitrogens with two attached hydrogens (primary N) is 1. The SMILES string of the molecule is CCCNC(=O)C1CCCN(C(=O)[C@@H](N)CC(C)C)C1. The smallest absolute Gasteiger partial charge is 0.239 e. The number of carbonyl (C=O) groups is 2. The van der Waals surface area contributed by atoms with Crippen molar-refractivity contribution in [3.05, 3.63) is 0 Å². The maximum atomic E-state index is 12.3. The Balaban J connectivity index is 2.51. The highest BCUT2D eigenvalue weighted by Gasteiger charge is 2.30. The second-order valence-corrected chi connectivity index (χ2v) is 6.15. The molecule has 0 aromatic rings. The Kier molecular flexibility index (Phi) is 6.99. The lowest BCUT2D eigenvalue weighted by molar-refractivity contribution is -0.137. The number of carbonyl (C=O) groups excluding carboxylic acids is 2. The van der Waals surface area contributed by atoms with Crippen LogP contribution in [-0.2, 0) is 9.59 Å². The Bertz CT molecular complexity index is 331. The summed E-state index contributed by atoms with van der Waals surface area (Å²) in [5.74, 6) is 0.390. The predicted molar refractivity (Wildman–Crippen MR) is 80.0 cm³/mol. The summed E-state index contributed by atoms with van der Waals surface area (Å²) in [6.45, 7) is 8.09. The Hall–Kier alpha value is -1.10. The van der Waals surface area contributed by atoms with Gasteiger partial charge in [-0.15, -0.1) is 0 Å². The third-order valence-electron chi connectivity index (χ3n) is 3.70. The van der Waals surface area contributed by atoms with Crippen LogP contribution in [0.15, 0.2) is 0 Å². The number of amides is 2. The van der Waals surface area contributed by atoms with Crippen molar-refractivity contribution < 1.29 is 9.59 Å². The van der Waals surface area contributed by atoms with Crippen LogP contribution in [0.4, 0.5) is 0 Å². The van der Waals surface area contributed by atoms with Crippen molar-refractivity contribution in [1.82, 2.24) is 10.2 Å². The van der Waals surface area contributed by atoms with Crippen molar-refractivity contribution in [2.45, 2.75) is 52.5 Å². The zero-order valence-corrected chi connectivity index (χ0v) is 13.0. The molecule has 0 spiro atoms. The van der Waals surface area contributed by atoms with Crippen LogP contribution >= 0.6 is 0 Å². The summed E-state index contributed by atoms with van der Waals surface area (Å²) in [7, 11) is 0. The van der Waals surface area contributed by atoms with Crippen LogP contribution in [-0.4, -0.2) is 42.4 Å². The third kappa shape index (κ3) is 5.12. The van der Waals surface area contributed by atoms with Gasteiger partial charge in [0.1, 0.15) is 0 Å². The van der Waals surface area contributed by atoms with E-state index in [1.54, 1.807) is 4.90 Å². The van der Waals surface area contributed by atoms with Gasteiger partial charge in [-0.2, -0.15) is 0 Å². The van der Waals surface area contributed by atoms with Crippen LogP contribution in [0.5, 0.6) is 0 Å². The fraction of sp³-hybridized carbons (Fsp3) is 0.867. The zero-order valence-electron chi connectivity index (χ0n) is 13.0. The largest absolute Gasteiger partial charge is 0.356 e. The van der Waals surface area contributed by atoms with Crippen LogP contribution < -0.4 is 11.1 Å². The van der Waals surface area contributed by atoms with Crippen LogP contribution in [0, 0.1) is 11.8 Å². The lowest BCUT2D eigenvalue weighted by Gasteiger charge is -2.34. The lowest BCUT2D eigenvalue weighted by atomic mass is 9.95. The summed E-state index contributed by atoms with van der Waals surface area (Å²) in [6, 6.07) is -0.438. The van der Waals surface area contributed by atoms with Crippen molar-refractivity contribution >= 4 is 11.8 Å². The van der Waals surface area contributed by atoms with Crippen LogP contribution in [0.2, 0.25) is 0 Å². The Morgan fingerprint density at radius 1 is 1.40 bits per heavy atom. The molecule has 3 N–H and O–H groups in total. The lowest BCUT2D eigenvalue weighted by Crippen LogP contribution is -2.50. The molecule has 1 heterocycles. The van der Waals surface area contributed by atoms with Crippen LogP contribution in [0.1, 0.15) is 46.5 Å². The van der Waals surface area contributed by atoms with E-state index in [-0.39, 0.29) is 17.7 Å². The monoisotopic (exact) mass is 283 g/mol. The standard InChI is InChI=1S/C15H29N3O2/c1-4-7-17-14(19)12-6-5-8-18(10-12)15(20)13(16)9-11(2)3/h11-13H,4-10,16H2,1-3H3,(H,17,19)/t12?,13-/m0/s1. The highest BCUT2D eigenvalue weighted by molar-refractivity contribution is 5.84. The van der Waals surface area contributed by atoms with Gasteiger partial charge in [0.25, 0.3) is 0 Å². The maximum Gasteiger partial charge on any atom is 0.239 e. The van der Waals surface area contributed by atoms with Gasteiger partial charge in [0.15, 0.2) is 0 Å². The highest BCUT2D eigenvalue weighted by Crippen LogP contribution is 2.18. The van der Waals surface area contributed by atoms with E-state index in [1.807, 2.05) is 6.92 Å². The maximum absolute atomic E-state index is 12.3. The van der Waals surface area contributed by atoms with Gasteiger partial charge in [0, 0.05) is 19.6 Å². The topological polar surface area (TPSA) is 75.4 Å². The second kappa shape index (κ2) is 8.25. The Morgan fingerprint density at radius 2 is 2.10 bits per heavy atom. The number of hydrogen-bond acceptors (Lipinski definition) is 3. The fourth-order valence-corrected chi connectivity index (χ4v) is 2.63. The summed E-state index contributed by atoms with van der Waals surface area (Å²) in [6.07, 6.45) is 3.37. The third-order valence-corrected chi connectivity index (χ3v) is 3.70. The number of hydrogen-bond donors (Lipinski definition) is 2. The number of nitrogens with zero attached hydrogens (tertiary/aromatic N) is 1. The van der Waals surface area contributed by atoms with Crippen molar-refractivity contribution in [3.8, 4) is 0 Å². The first-order valence-corrected chi connectivity index (χ1v) is 7.77. The summed E-state index contributed by atoms with van der Waals surface area (Å²) < 4.78 is 0. The molecule has 1 fully saturated rings. The van der Waals surface area contributed by atoms with Crippen molar-refractivity contribution in [1.29, 1.82) is 0 Å². The first-order valence-electron chi connectivity index (χ1n) is 7.77. The molecule has 2 amide bonds. The minimum atomic E-state index is -0.438. The number of nitrogens with one attached hydrogen (secondary N) is 1. The number of rotatable bonds is 6. The Labute approximate surface area is 122 Å². The van der Waals surface area contributed by atoms with Gasteiger partial charge in [0.2, 0.25) is 11.8 Å². The molecule has 0 aromatic heterocycles. The van der Waals surface area contributed by atoms with Crippen molar-refractivity contribution in [3.63, 3.8) is 0 Å². The molecule has 1 unspecified atom stereocenters. The van der Waals surface area contributed by atoms with E-state index >= 15 is 0 Å². The van der Waals surface area contributed by atoms with Crippen LogP contribution in [0.25, 0.3) is 0 Å². The highest BCUT2D eigenvalue weighted by atomic mass is 16.2. The summed E-state index contributed by atoms with van der Waals surface area (Å²) in [5, 5.41) is 2.91. The predicted octanol–water partition coefficient (Wildman–Crippen LogP) is 1.12. The van der Waals surface area contributed by atoms with Gasteiger partial charge in [-0.25, -0.2) is 0 Å². The summed E-state index contributed by atoms with van der Waals surface area (Å²) in [5.41, 5.74) is 5.96. The number of piperidine rings is 1. The van der Waals surface area contributed by atoms with Gasteiger partial charge < -0.3 is 16.0 Å². The van der Waals surface area contributed by atoms with Gasteiger partial charge in [-0.1, -0.05) is 20.8 Å². The fourth-order valence-electron chi connectivity index (χ4n) is 2.63. The molecule has 20 heavy (non-hydrogen) atoms. The molecule has 1 aliphatic heterocycles. The molecule has 1 saturated heterocycles. The molecular formula is C15H29N3O2. The van der Waals surface area contributed by atoms with Gasteiger partial charge >= 0.3 is 0 Å². The minimum Gasteiger partial charge on any atom is -0.356 e. The summed E-state index contributed by atoms with van der Waals surface area (Å²) in [4.78, 5) is 26.0. The average Bonchev–Trinajstić information content (AvgIpc) is 2.43. The molecule has 5 nitrogen and oxygen atoms in total. The van der Waals surface area contributed by atoms with E-state index in [0.29, 0.717) is 25.4 Å².